The minimum atomic E-state index is -2.87. The molecule has 104 valence electrons. The average molecular weight is 263 g/mol. The van der Waals surface area contributed by atoms with E-state index in [1.165, 1.54) is 0 Å². The van der Waals surface area contributed by atoms with Gasteiger partial charge in [-0.2, -0.15) is 0 Å². The third-order valence-electron chi connectivity index (χ3n) is 3.11. The van der Waals surface area contributed by atoms with Crippen LogP contribution in [0.1, 0.15) is 53.9 Å². The summed E-state index contributed by atoms with van der Waals surface area (Å²) in [5, 5.41) is 3.19. The van der Waals surface area contributed by atoms with Crippen molar-refractivity contribution in [2.24, 2.45) is 5.92 Å². The van der Waals surface area contributed by atoms with Gasteiger partial charge in [-0.15, -0.1) is 0 Å². The predicted octanol–water partition coefficient (Wildman–Crippen LogP) is 2.61. The van der Waals surface area contributed by atoms with Crippen molar-refractivity contribution in [3.63, 3.8) is 0 Å². The van der Waals surface area contributed by atoms with Crippen LogP contribution in [0.5, 0.6) is 0 Å². The van der Waals surface area contributed by atoms with E-state index in [0.29, 0.717) is 17.7 Å². The van der Waals surface area contributed by atoms with Crippen LogP contribution in [-0.2, 0) is 9.84 Å². The summed E-state index contributed by atoms with van der Waals surface area (Å²) in [6, 6.07) is 0.478. The highest BCUT2D eigenvalue weighted by Gasteiger charge is 2.18. The summed E-state index contributed by atoms with van der Waals surface area (Å²) in [5.41, 5.74) is 0. The third kappa shape index (κ3) is 7.77. The SMILES string of the molecule is CCCNC(C)CC(C)CCS(=O)(=O)C(C)C. The fraction of sp³-hybridized carbons (Fsp3) is 1.00. The molecule has 0 radical (unpaired) electrons. The van der Waals surface area contributed by atoms with Crippen molar-refractivity contribution in [2.75, 3.05) is 12.3 Å². The zero-order chi connectivity index (χ0) is 13.5. The molecule has 0 saturated heterocycles. The van der Waals surface area contributed by atoms with Crippen LogP contribution in [-0.4, -0.2) is 32.0 Å². The van der Waals surface area contributed by atoms with E-state index in [2.05, 4.69) is 26.1 Å². The summed E-state index contributed by atoms with van der Waals surface area (Å²) < 4.78 is 23.4. The Hall–Kier alpha value is -0.0900. The van der Waals surface area contributed by atoms with Gasteiger partial charge in [0.05, 0.1) is 11.0 Å². The maximum absolute atomic E-state index is 11.7. The molecule has 1 N–H and O–H groups in total. The summed E-state index contributed by atoms with van der Waals surface area (Å²) in [6.07, 6.45) is 2.97. The molecule has 0 aromatic heterocycles. The molecule has 0 aliphatic carbocycles. The van der Waals surface area contributed by atoms with Gasteiger partial charge in [0.1, 0.15) is 0 Å². The van der Waals surface area contributed by atoms with Crippen molar-refractivity contribution < 1.29 is 8.42 Å². The van der Waals surface area contributed by atoms with E-state index in [1.54, 1.807) is 13.8 Å². The first-order valence-electron chi connectivity index (χ1n) is 6.74. The molecule has 2 atom stereocenters. The Morgan fingerprint density at radius 1 is 1.12 bits per heavy atom. The molecule has 0 aromatic rings. The Morgan fingerprint density at radius 2 is 1.71 bits per heavy atom. The number of hydrogen-bond donors (Lipinski definition) is 1. The molecule has 0 saturated carbocycles. The van der Waals surface area contributed by atoms with Gasteiger partial charge >= 0.3 is 0 Å². The van der Waals surface area contributed by atoms with Crippen LogP contribution >= 0.6 is 0 Å². The maximum atomic E-state index is 11.7. The molecule has 0 bridgehead atoms. The quantitative estimate of drug-likeness (QED) is 0.695. The predicted molar refractivity (Wildman–Crippen MR) is 75.1 cm³/mol. The fourth-order valence-electron chi connectivity index (χ4n) is 1.80. The zero-order valence-corrected chi connectivity index (χ0v) is 12.8. The van der Waals surface area contributed by atoms with Crippen LogP contribution in [0, 0.1) is 5.92 Å². The minimum Gasteiger partial charge on any atom is -0.314 e. The lowest BCUT2D eigenvalue weighted by Crippen LogP contribution is -2.29. The third-order valence-corrected chi connectivity index (χ3v) is 5.35. The van der Waals surface area contributed by atoms with Gasteiger partial charge in [-0.25, -0.2) is 8.42 Å². The summed E-state index contributed by atoms with van der Waals surface area (Å²) in [7, 11) is -2.87. The summed E-state index contributed by atoms with van der Waals surface area (Å²) >= 11 is 0. The van der Waals surface area contributed by atoms with Gasteiger partial charge < -0.3 is 5.32 Å². The van der Waals surface area contributed by atoms with Gasteiger partial charge in [0, 0.05) is 6.04 Å². The smallest absolute Gasteiger partial charge is 0.152 e. The summed E-state index contributed by atoms with van der Waals surface area (Å²) in [4.78, 5) is 0. The largest absolute Gasteiger partial charge is 0.314 e. The molecule has 3 nitrogen and oxygen atoms in total. The van der Waals surface area contributed by atoms with Crippen LogP contribution in [0.3, 0.4) is 0 Å². The molecule has 0 aliphatic rings. The Balaban J connectivity index is 3.91. The van der Waals surface area contributed by atoms with Gasteiger partial charge in [-0.05, 0) is 52.5 Å². The zero-order valence-electron chi connectivity index (χ0n) is 12.0. The first kappa shape index (κ1) is 16.9. The van der Waals surface area contributed by atoms with Crippen LogP contribution < -0.4 is 5.32 Å². The molecule has 17 heavy (non-hydrogen) atoms. The number of rotatable bonds is 9. The summed E-state index contributed by atoms with van der Waals surface area (Å²) in [5.74, 6) is 0.787. The highest BCUT2D eigenvalue weighted by atomic mass is 32.2. The lowest BCUT2D eigenvalue weighted by atomic mass is 10.0. The first-order chi connectivity index (χ1) is 7.79. The van der Waals surface area contributed by atoms with Crippen molar-refractivity contribution in [1.82, 2.24) is 5.32 Å². The van der Waals surface area contributed by atoms with E-state index >= 15 is 0 Å². The number of nitrogens with one attached hydrogen (secondary N) is 1. The van der Waals surface area contributed by atoms with E-state index in [1.807, 2.05) is 0 Å². The second-order valence-electron chi connectivity index (χ2n) is 5.40. The van der Waals surface area contributed by atoms with Crippen molar-refractivity contribution in [1.29, 1.82) is 0 Å². The molecule has 4 heteroatoms. The monoisotopic (exact) mass is 263 g/mol. The molecular weight excluding hydrogens is 234 g/mol. The van der Waals surface area contributed by atoms with Crippen molar-refractivity contribution in [3.05, 3.63) is 0 Å². The van der Waals surface area contributed by atoms with Crippen molar-refractivity contribution in [2.45, 2.75) is 65.2 Å². The fourth-order valence-corrected chi connectivity index (χ4v) is 3.00. The van der Waals surface area contributed by atoms with Crippen LogP contribution in [0.4, 0.5) is 0 Å². The molecule has 2 unspecified atom stereocenters. The lowest BCUT2D eigenvalue weighted by molar-refractivity contribution is 0.412. The van der Waals surface area contributed by atoms with Crippen LogP contribution in [0.2, 0.25) is 0 Å². The van der Waals surface area contributed by atoms with Gasteiger partial charge in [0.25, 0.3) is 0 Å². The number of hydrogen-bond acceptors (Lipinski definition) is 3. The van der Waals surface area contributed by atoms with Crippen LogP contribution in [0.15, 0.2) is 0 Å². The second kappa shape index (κ2) is 8.09. The van der Waals surface area contributed by atoms with Crippen LogP contribution in [0.25, 0.3) is 0 Å². The second-order valence-corrected chi connectivity index (χ2v) is 8.08. The maximum Gasteiger partial charge on any atom is 0.152 e. The van der Waals surface area contributed by atoms with Gasteiger partial charge in [-0.1, -0.05) is 13.8 Å². The average Bonchev–Trinajstić information content (AvgIpc) is 2.23. The molecule has 0 spiro atoms. The van der Waals surface area contributed by atoms with Crippen molar-refractivity contribution >= 4 is 9.84 Å². The molecule has 0 heterocycles. The lowest BCUT2D eigenvalue weighted by Gasteiger charge is -2.18. The highest BCUT2D eigenvalue weighted by molar-refractivity contribution is 7.91. The van der Waals surface area contributed by atoms with Gasteiger partial charge in [0.2, 0.25) is 0 Å². The molecule has 0 fully saturated rings. The van der Waals surface area contributed by atoms with Gasteiger partial charge in [-0.3, -0.25) is 0 Å². The Bertz CT molecular complexity index is 286. The van der Waals surface area contributed by atoms with E-state index in [0.717, 1.165) is 25.8 Å². The molecule has 0 aromatic carbocycles. The Morgan fingerprint density at radius 3 is 2.18 bits per heavy atom. The van der Waals surface area contributed by atoms with E-state index in [-0.39, 0.29) is 5.25 Å². The molecule has 0 aliphatic heterocycles. The molecule has 0 rings (SSSR count). The minimum absolute atomic E-state index is 0.245. The molecular formula is C13H29NO2S. The van der Waals surface area contributed by atoms with Gasteiger partial charge in [0.15, 0.2) is 9.84 Å². The highest BCUT2D eigenvalue weighted by Crippen LogP contribution is 2.14. The standard InChI is InChI=1S/C13H29NO2S/c1-6-8-14-13(5)10-12(4)7-9-17(15,16)11(2)3/h11-14H,6-10H2,1-5H3. The first-order valence-corrected chi connectivity index (χ1v) is 8.46. The summed E-state index contributed by atoms with van der Waals surface area (Å²) in [6.45, 7) is 11.0. The topological polar surface area (TPSA) is 46.2 Å². The Labute approximate surface area is 107 Å². The number of sulfone groups is 1. The van der Waals surface area contributed by atoms with E-state index in [9.17, 15) is 8.42 Å². The van der Waals surface area contributed by atoms with E-state index < -0.39 is 9.84 Å². The Kier molecular flexibility index (Phi) is 8.05. The molecule has 0 amide bonds. The van der Waals surface area contributed by atoms with E-state index in [4.69, 9.17) is 0 Å². The van der Waals surface area contributed by atoms with Crippen molar-refractivity contribution in [3.8, 4) is 0 Å². The normalized spacial score (nSPS) is 16.1.